The lowest BCUT2D eigenvalue weighted by Gasteiger charge is -2.30. The largest absolute Gasteiger partial charge is 0.474 e. The van der Waals surface area contributed by atoms with E-state index in [4.69, 9.17) is 19.4 Å². The van der Waals surface area contributed by atoms with Crippen LogP contribution in [0.2, 0.25) is 0 Å². The van der Waals surface area contributed by atoms with Crippen LogP contribution in [0, 0.1) is 0 Å². The molecule has 0 amide bonds. The molecule has 31 heavy (non-hydrogen) atoms. The molecule has 2 aliphatic rings. The highest BCUT2D eigenvalue weighted by molar-refractivity contribution is 5.86. The van der Waals surface area contributed by atoms with Crippen LogP contribution >= 0.6 is 0 Å². The van der Waals surface area contributed by atoms with Crippen molar-refractivity contribution in [2.75, 3.05) is 39.2 Å². The van der Waals surface area contributed by atoms with E-state index in [1.807, 2.05) is 19.3 Å². The number of hydrogen-bond donors (Lipinski definition) is 2. The average molecular weight is 430 g/mol. The number of likely N-dealkylation sites (tertiary alicyclic amines) is 1. The van der Waals surface area contributed by atoms with Gasteiger partial charge < -0.3 is 24.8 Å². The molecule has 1 aliphatic heterocycles. The van der Waals surface area contributed by atoms with E-state index in [0.29, 0.717) is 24.4 Å². The fourth-order valence-corrected chi connectivity index (χ4v) is 4.64. The van der Waals surface area contributed by atoms with Crippen LogP contribution in [0.4, 0.5) is 5.95 Å². The first-order valence-corrected chi connectivity index (χ1v) is 11.5. The lowest BCUT2D eigenvalue weighted by molar-refractivity contribution is 0.111. The van der Waals surface area contributed by atoms with Crippen LogP contribution in [0.25, 0.3) is 10.9 Å². The normalized spacial score (nSPS) is 24.3. The standard InChI is InChI=1S/C23H35N5O3/c1-15(14-30-3)26-23-25-13-20-21(27-23)19(16-4-6-17(29)7-5-16)12-24-22(20)31-18-8-10-28(2)11-9-18/h12-13,15-18,29H,4-11,14H2,1-3H3,(H,25,26,27)/t15-,16?,17?/m0/s1. The summed E-state index contributed by atoms with van der Waals surface area (Å²) in [5.74, 6) is 1.56. The Balaban J connectivity index is 1.65. The minimum absolute atomic E-state index is 0.104. The average Bonchev–Trinajstić information content (AvgIpc) is 2.76. The summed E-state index contributed by atoms with van der Waals surface area (Å²) in [7, 11) is 3.83. The number of nitrogens with one attached hydrogen (secondary N) is 1. The number of piperidine rings is 1. The van der Waals surface area contributed by atoms with Crippen molar-refractivity contribution in [3.8, 4) is 5.88 Å². The van der Waals surface area contributed by atoms with Gasteiger partial charge in [-0.25, -0.2) is 15.0 Å². The van der Waals surface area contributed by atoms with Gasteiger partial charge >= 0.3 is 0 Å². The molecule has 2 N–H and O–H groups in total. The van der Waals surface area contributed by atoms with E-state index >= 15 is 0 Å². The number of rotatable bonds is 7. The van der Waals surface area contributed by atoms with Gasteiger partial charge in [0.2, 0.25) is 11.8 Å². The molecule has 2 aromatic heterocycles. The molecule has 4 rings (SSSR count). The summed E-state index contributed by atoms with van der Waals surface area (Å²) in [5.41, 5.74) is 2.03. The van der Waals surface area contributed by atoms with Crippen LogP contribution in [0.5, 0.6) is 5.88 Å². The Hall–Kier alpha value is -2.03. The van der Waals surface area contributed by atoms with Gasteiger partial charge in [-0.1, -0.05) is 0 Å². The van der Waals surface area contributed by atoms with Crippen LogP contribution in [-0.4, -0.2) is 77.1 Å². The molecule has 0 radical (unpaired) electrons. The van der Waals surface area contributed by atoms with E-state index in [9.17, 15) is 5.11 Å². The molecule has 0 bridgehead atoms. The molecule has 0 aromatic carbocycles. The monoisotopic (exact) mass is 429 g/mol. The Morgan fingerprint density at radius 3 is 2.58 bits per heavy atom. The number of aliphatic hydroxyl groups is 1. The fraction of sp³-hybridized carbons (Fsp3) is 0.696. The van der Waals surface area contributed by atoms with Crippen molar-refractivity contribution in [2.24, 2.45) is 0 Å². The van der Waals surface area contributed by atoms with Gasteiger partial charge in [-0.3, -0.25) is 0 Å². The second-order valence-corrected chi connectivity index (χ2v) is 9.10. The van der Waals surface area contributed by atoms with Gasteiger partial charge in [-0.15, -0.1) is 0 Å². The molecule has 3 heterocycles. The first kappa shape index (κ1) is 22.2. The Morgan fingerprint density at radius 1 is 1.13 bits per heavy atom. The number of pyridine rings is 1. The Labute approximate surface area is 184 Å². The highest BCUT2D eigenvalue weighted by Crippen LogP contribution is 2.38. The summed E-state index contributed by atoms with van der Waals surface area (Å²) >= 11 is 0. The molecule has 0 spiro atoms. The van der Waals surface area contributed by atoms with Gasteiger partial charge in [-0.05, 0) is 58.4 Å². The molecule has 2 fully saturated rings. The fourth-order valence-electron chi connectivity index (χ4n) is 4.64. The third kappa shape index (κ3) is 5.42. The molecule has 8 nitrogen and oxygen atoms in total. The van der Waals surface area contributed by atoms with Crippen LogP contribution in [0.15, 0.2) is 12.4 Å². The van der Waals surface area contributed by atoms with Gasteiger partial charge in [0, 0.05) is 44.2 Å². The van der Waals surface area contributed by atoms with E-state index in [1.165, 1.54) is 0 Å². The highest BCUT2D eigenvalue weighted by atomic mass is 16.5. The predicted octanol–water partition coefficient (Wildman–Crippen LogP) is 2.96. The highest BCUT2D eigenvalue weighted by Gasteiger charge is 2.26. The summed E-state index contributed by atoms with van der Waals surface area (Å²) < 4.78 is 11.6. The first-order valence-electron chi connectivity index (χ1n) is 11.5. The van der Waals surface area contributed by atoms with E-state index in [-0.39, 0.29) is 18.2 Å². The molecular weight excluding hydrogens is 394 g/mol. The van der Waals surface area contributed by atoms with E-state index in [0.717, 1.165) is 68.1 Å². The van der Waals surface area contributed by atoms with Crippen molar-refractivity contribution < 1.29 is 14.6 Å². The maximum atomic E-state index is 9.94. The molecule has 2 aromatic rings. The van der Waals surface area contributed by atoms with Crippen molar-refractivity contribution >= 4 is 16.9 Å². The SMILES string of the molecule is COC[C@H](C)Nc1ncc2c(OC3CCN(C)CC3)ncc(C3CCC(O)CC3)c2n1. The van der Waals surface area contributed by atoms with E-state index in [2.05, 4.69) is 22.2 Å². The quantitative estimate of drug-likeness (QED) is 0.694. The molecule has 170 valence electrons. The Kier molecular flexibility index (Phi) is 7.20. The molecule has 1 saturated heterocycles. The number of nitrogens with zero attached hydrogens (tertiary/aromatic N) is 4. The topological polar surface area (TPSA) is 92.6 Å². The molecule has 1 saturated carbocycles. The van der Waals surface area contributed by atoms with Crippen molar-refractivity contribution in [1.29, 1.82) is 0 Å². The predicted molar refractivity (Wildman–Crippen MR) is 121 cm³/mol. The minimum atomic E-state index is -0.191. The van der Waals surface area contributed by atoms with Crippen LogP contribution in [0.3, 0.4) is 0 Å². The summed E-state index contributed by atoms with van der Waals surface area (Å²) in [5, 5.41) is 14.1. The van der Waals surface area contributed by atoms with Gasteiger partial charge in [-0.2, -0.15) is 0 Å². The van der Waals surface area contributed by atoms with Gasteiger partial charge in [0.15, 0.2) is 0 Å². The van der Waals surface area contributed by atoms with Gasteiger partial charge in [0.1, 0.15) is 6.10 Å². The number of hydrogen-bond acceptors (Lipinski definition) is 8. The third-order valence-corrected chi connectivity index (χ3v) is 6.49. The zero-order valence-corrected chi connectivity index (χ0v) is 18.9. The summed E-state index contributed by atoms with van der Waals surface area (Å²) in [6.07, 6.45) is 9.27. The number of ether oxygens (including phenoxy) is 2. The maximum absolute atomic E-state index is 9.94. The van der Waals surface area contributed by atoms with Crippen LogP contribution < -0.4 is 10.1 Å². The molecular formula is C23H35N5O3. The van der Waals surface area contributed by atoms with Gasteiger partial charge in [0.05, 0.1) is 23.6 Å². The molecule has 0 unspecified atom stereocenters. The molecule has 8 heteroatoms. The van der Waals surface area contributed by atoms with E-state index in [1.54, 1.807) is 7.11 Å². The van der Waals surface area contributed by atoms with Crippen LogP contribution in [-0.2, 0) is 4.74 Å². The summed E-state index contributed by atoms with van der Waals surface area (Å²) in [6.45, 7) is 4.69. The number of fused-ring (bicyclic) bond motifs is 1. The second-order valence-electron chi connectivity index (χ2n) is 9.10. The summed E-state index contributed by atoms with van der Waals surface area (Å²) in [4.78, 5) is 16.5. The lowest BCUT2D eigenvalue weighted by Crippen LogP contribution is -2.35. The smallest absolute Gasteiger partial charge is 0.224 e. The first-order chi connectivity index (χ1) is 15.0. The number of aliphatic hydroxyl groups excluding tert-OH is 1. The minimum Gasteiger partial charge on any atom is -0.474 e. The number of methoxy groups -OCH3 is 1. The van der Waals surface area contributed by atoms with Crippen molar-refractivity contribution in [2.45, 2.75) is 69.6 Å². The number of aromatic nitrogens is 3. The zero-order chi connectivity index (χ0) is 21.8. The zero-order valence-electron chi connectivity index (χ0n) is 18.9. The summed E-state index contributed by atoms with van der Waals surface area (Å²) in [6, 6.07) is 0.104. The molecule has 1 aliphatic carbocycles. The van der Waals surface area contributed by atoms with Crippen molar-refractivity contribution in [3.05, 3.63) is 18.0 Å². The number of anilines is 1. The maximum Gasteiger partial charge on any atom is 0.224 e. The van der Waals surface area contributed by atoms with Crippen molar-refractivity contribution in [3.63, 3.8) is 0 Å². The Bertz CT molecular complexity index is 864. The lowest BCUT2D eigenvalue weighted by atomic mass is 9.83. The van der Waals surface area contributed by atoms with E-state index < -0.39 is 0 Å². The second kappa shape index (κ2) is 10.1. The van der Waals surface area contributed by atoms with Crippen LogP contribution in [0.1, 0.15) is 56.9 Å². The molecule has 1 atom stereocenters. The van der Waals surface area contributed by atoms with Gasteiger partial charge in [0.25, 0.3) is 0 Å². The van der Waals surface area contributed by atoms with Crippen molar-refractivity contribution in [1.82, 2.24) is 19.9 Å². The third-order valence-electron chi connectivity index (χ3n) is 6.49. The Morgan fingerprint density at radius 2 is 1.87 bits per heavy atom.